The lowest BCUT2D eigenvalue weighted by atomic mass is 10.0. The van der Waals surface area contributed by atoms with Crippen molar-refractivity contribution in [3.05, 3.63) is 29.8 Å². The summed E-state index contributed by atoms with van der Waals surface area (Å²) in [6.45, 7) is 9.00. The average molecular weight is 276 g/mol. The molecule has 1 N–H and O–H groups in total. The van der Waals surface area contributed by atoms with Gasteiger partial charge in [-0.25, -0.2) is 0 Å². The predicted molar refractivity (Wildman–Crippen MR) is 79.4 cm³/mol. The van der Waals surface area contributed by atoms with Crippen LogP contribution in [0.15, 0.2) is 24.3 Å². The lowest BCUT2D eigenvalue weighted by Crippen LogP contribution is -2.45. The molecule has 0 aromatic heterocycles. The number of fused-ring (bicyclic) bond motifs is 1. The number of para-hydroxylation sites is 1. The smallest absolute Gasteiger partial charge is 0.122 e. The van der Waals surface area contributed by atoms with Crippen LogP contribution in [-0.2, 0) is 4.74 Å². The standard InChI is InChI=1S/C16H24N2O2/c1-13(11-18-6-8-19-9-7-18)17-10-14-12-20-16-5-3-2-4-15(14)16/h2-5,13-14,17H,6-12H2,1H3. The molecule has 2 aliphatic rings. The van der Waals surface area contributed by atoms with E-state index in [2.05, 4.69) is 35.3 Å². The zero-order chi connectivity index (χ0) is 13.8. The third-order valence-corrected chi connectivity index (χ3v) is 4.15. The van der Waals surface area contributed by atoms with E-state index >= 15 is 0 Å². The summed E-state index contributed by atoms with van der Waals surface area (Å²) in [6.07, 6.45) is 0. The van der Waals surface area contributed by atoms with Crippen molar-refractivity contribution in [1.82, 2.24) is 10.2 Å². The van der Waals surface area contributed by atoms with E-state index in [-0.39, 0.29) is 0 Å². The Morgan fingerprint density at radius 3 is 2.95 bits per heavy atom. The maximum atomic E-state index is 5.73. The summed E-state index contributed by atoms with van der Waals surface area (Å²) >= 11 is 0. The first-order chi connectivity index (χ1) is 9.83. The lowest BCUT2D eigenvalue weighted by Gasteiger charge is -2.29. The van der Waals surface area contributed by atoms with E-state index in [0.29, 0.717) is 12.0 Å². The normalized spacial score (nSPS) is 24.1. The van der Waals surface area contributed by atoms with E-state index in [0.717, 1.165) is 51.7 Å². The molecule has 2 aliphatic heterocycles. The van der Waals surface area contributed by atoms with Gasteiger partial charge < -0.3 is 14.8 Å². The van der Waals surface area contributed by atoms with Crippen LogP contribution in [0.2, 0.25) is 0 Å². The Balaban J connectivity index is 1.45. The van der Waals surface area contributed by atoms with Crippen molar-refractivity contribution in [3.8, 4) is 5.75 Å². The lowest BCUT2D eigenvalue weighted by molar-refractivity contribution is 0.0343. The van der Waals surface area contributed by atoms with Crippen LogP contribution in [0, 0.1) is 0 Å². The Morgan fingerprint density at radius 1 is 1.30 bits per heavy atom. The molecule has 3 rings (SSSR count). The van der Waals surface area contributed by atoms with Gasteiger partial charge in [0, 0.05) is 43.7 Å². The summed E-state index contributed by atoms with van der Waals surface area (Å²) in [7, 11) is 0. The van der Waals surface area contributed by atoms with Gasteiger partial charge in [-0.3, -0.25) is 4.90 Å². The summed E-state index contributed by atoms with van der Waals surface area (Å²) in [5.41, 5.74) is 1.35. The first-order valence-corrected chi connectivity index (χ1v) is 7.58. The second-order valence-corrected chi connectivity index (χ2v) is 5.77. The average Bonchev–Trinajstić information content (AvgIpc) is 2.89. The minimum Gasteiger partial charge on any atom is -0.493 e. The van der Waals surface area contributed by atoms with Gasteiger partial charge in [0.25, 0.3) is 0 Å². The minimum absolute atomic E-state index is 0.485. The zero-order valence-electron chi connectivity index (χ0n) is 12.2. The fourth-order valence-electron chi connectivity index (χ4n) is 2.98. The Morgan fingerprint density at radius 2 is 2.10 bits per heavy atom. The van der Waals surface area contributed by atoms with Crippen LogP contribution in [0.3, 0.4) is 0 Å². The molecule has 1 saturated heterocycles. The van der Waals surface area contributed by atoms with Crippen LogP contribution in [-0.4, -0.2) is 56.9 Å². The zero-order valence-corrected chi connectivity index (χ0v) is 12.2. The van der Waals surface area contributed by atoms with E-state index in [1.54, 1.807) is 0 Å². The van der Waals surface area contributed by atoms with Gasteiger partial charge in [0.2, 0.25) is 0 Å². The van der Waals surface area contributed by atoms with Crippen molar-refractivity contribution < 1.29 is 9.47 Å². The molecule has 0 bridgehead atoms. The van der Waals surface area contributed by atoms with Crippen molar-refractivity contribution >= 4 is 0 Å². The van der Waals surface area contributed by atoms with Crippen LogP contribution in [0.25, 0.3) is 0 Å². The number of nitrogens with zero attached hydrogens (tertiary/aromatic N) is 1. The molecule has 4 nitrogen and oxygen atoms in total. The van der Waals surface area contributed by atoms with Crippen LogP contribution in [0.5, 0.6) is 5.75 Å². The topological polar surface area (TPSA) is 33.7 Å². The van der Waals surface area contributed by atoms with Gasteiger partial charge in [0.15, 0.2) is 0 Å². The van der Waals surface area contributed by atoms with Crippen molar-refractivity contribution in [3.63, 3.8) is 0 Å². The van der Waals surface area contributed by atoms with Crippen LogP contribution >= 0.6 is 0 Å². The Hall–Kier alpha value is -1.10. The molecule has 20 heavy (non-hydrogen) atoms. The Bertz CT molecular complexity index is 432. The molecule has 2 heterocycles. The third-order valence-electron chi connectivity index (χ3n) is 4.15. The maximum Gasteiger partial charge on any atom is 0.122 e. The molecular formula is C16H24N2O2. The first kappa shape index (κ1) is 13.9. The molecule has 1 aromatic carbocycles. The highest BCUT2D eigenvalue weighted by Crippen LogP contribution is 2.32. The van der Waals surface area contributed by atoms with Crippen molar-refractivity contribution in [1.29, 1.82) is 0 Å². The highest BCUT2D eigenvalue weighted by Gasteiger charge is 2.24. The van der Waals surface area contributed by atoms with E-state index in [1.807, 2.05) is 6.07 Å². The van der Waals surface area contributed by atoms with E-state index < -0.39 is 0 Å². The summed E-state index contributed by atoms with van der Waals surface area (Å²) in [4.78, 5) is 2.47. The highest BCUT2D eigenvalue weighted by molar-refractivity contribution is 5.39. The Labute approximate surface area is 121 Å². The van der Waals surface area contributed by atoms with Crippen LogP contribution < -0.4 is 10.1 Å². The predicted octanol–water partition coefficient (Wildman–Crippen LogP) is 1.47. The number of morpholine rings is 1. The van der Waals surface area contributed by atoms with Crippen molar-refractivity contribution in [2.75, 3.05) is 46.0 Å². The van der Waals surface area contributed by atoms with E-state index in [9.17, 15) is 0 Å². The van der Waals surface area contributed by atoms with E-state index in [4.69, 9.17) is 9.47 Å². The number of benzene rings is 1. The van der Waals surface area contributed by atoms with Crippen molar-refractivity contribution in [2.24, 2.45) is 0 Å². The second kappa shape index (κ2) is 6.57. The summed E-state index contributed by atoms with van der Waals surface area (Å²) < 4.78 is 11.1. The molecule has 0 radical (unpaired) electrons. The van der Waals surface area contributed by atoms with Gasteiger partial charge in [0.1, 0.15) is 5.75 Å². The van der Waals surface area contributed by atoms with Gasteiger partial charge >= 0.3 is 0 Å². The monoisotopic (exact) mass is 276 g/mol. The number of hydrogen-bond acceptors (Lipinski definition) is 4. The van der Waals surface area contributed by atoms with Gasteiger partial charge in [-0.2, -0.15) is 0 Å². The maximum absolute atomic E-state index is 5.73. The molecule has 1 fully saturated rings. The second-order valence-electron chi connectivity index (χ2n) is 5.77. The molecule has 0 aliphatic carbocycles. The fourth-order valence-corrected chi connectivity index (χ4v) is 2.98. The summed E-state index contributed by atoms with van der Waals surface area (Å²) in [5.74, 6) is 1.54. The Kier molecular flexibility index (Phi) is 4.55. The number of hydrogen-bond donors (Lipinski definition) is 1. The van der Waals surface area contributed by atoms with Crippen molar-refractivity contribution in [2.45, 2.75) is 18.9 Å². The molecule has 4 heteroatoms. The minimum atomic E-state index is 0.485. The van der Waals surface area contributed by atoms with Crippen LogP contribution in [0.4, 0.5) is 0 Å². The molecule has 2 atom stereocenters. The molecule has 110 valence electrons. The van der Waals surface area contributed by atoms with Gasteiger partial charge in [-0.15, -0.1) is 0 Å². The first-order valence-electron chi connectivity index (χ1n) is 7.58. The molecule has 0 spiro atoms. The molecule has 0 saturated carbocycles. The van der Waals surface area contributed by atoms with Crippen LogP contribution in [0.1, 0.15) is 18.4 Å². The number of ether oxygens (including phenoxy) is 2. The molecule has 2 unspecified atom stereocenters. The fraction of sp³-hybridized carbons (Fsp3) is 0.625. The molecular weight excluding hydrogens is 252 g/mol. The third kappa shape index (κ3) is 3.32. The molecule has 0 amide bonds. The number of rotatable bonds is 5. The van der Waals surface area contributed by atoms with Gasteiger partial charge in [0.05, 0.1) is 19.8 Å². The number of nitrogens with one attached hydrogen (secondary N) is 1. The highest BCUT2D eigenvalue weighted by atomic mass is 16.5. The quantitative estimate of drug-likeness (QED) is 0.883. The SMILES string of the molecule is CC(CN1CCOCC1)NCC1COc2ccccc21. The molecule has 1 aromatic rings. The largest absolute Gasteiger partial charge is 0.493 e. The summed E-state index contributed by atoms with van der Waals surface area (Å²) in [6, 6.07) is 8.88. The van der Waals surface area contributed by atoms with Gasteiger partial charge in [-0.05, 0) is 13.0 Å². The summed E-state index contributed by atoms with van der Waals surface area (Å²) in [5, 5.41) is 3.65. The van der Waals surface area contributed by atoms with Gasteiger partial charge in [-0.1, -0.05) is 18.2 Å². The van der Waals surface area contributed by atoms with E-state index in [1.165, 1.54) is 5.56 Å².